The molecule has 1 amide bonds. The fraction of sp³-hybridized carbons (Fsp3) is 0.467. The highest BCUT2D eigenvalue weighted by atomic mass is 19.1. The molecule has 108 valence electrons. The fourth-order valence-corrected chi connectivity index (χ4v) is 2.56. The van der Waals surface area contributed by atoms with Crippen LogP contribution in [0.5, 0.6) is 0 Å². The Morgan fingerprint density at radius 1 is 1.30 bits per heavy atom. The first kappa shape index (κ1) is 14.5. The quantitative estimate of drug-likeness (QED) is 0.899. The number of carbonyl (C=O) groups is 2. The molecule has 0 aromatic heterocycles. The lowest BCUT2D eigenvalue weighted by Gasteiger charge is -2.21. The van der Waals surface area contributed by atoms with Crippen molar-refractivity contribution in [2.75, 3.05) is 6.54 Å². The molecule has 0 radical (unpaired) electrons. The number of halogens is 1. The highest BCUT2D eigenvalue weighted by Gasteiger charge is 2.33. The molecule has 1 fully saturated rings. The summed E-state index contributed by atoms with van der Waals surface area (Å²) in [5, 5.41) is 9.03. The van der Waals surface area contributed by atoms with E-state index in [2.05, 4.69) is 0 Å². The zero-order valence-corrected chi connectivity index (χ0v) is 11.2. The first-order valence-corrected chi connectivity index (χ1v) is 6.84. The van der Waals surface area contributed by atoms with E-state index < -0.39 is 12.0 Å². The molecule has 1 atom stereocenters. The van der Waals surface area contributed by atoms with Crippen LogP contribution in [0.2, 0.25) is 0 Å². The van der Waals surface area contributed by atoms with Crippen LogP contribution in [-0.2, 0) is 16.0 Å². The van der Waals surface area contributed by atoms with Crippen LogP contribution in [0.15, 0.2) is 24.3 Å². The van der Waals surface area contributed by atoms with Crippen molar-refractivity contribution in [2.45, 2.75) is 38.1 Å². The van der Waals surface area contributed by atoms with Gasteiger partial charge in [-0.3, -0.25) is 4.79 Å². The summed E-state index contributed by atoms with van der Waals surface area (Å²) in [6, 6.07) is 5.55. The molecule has 1 aliphatic heterocycles. The molecule has 1 aliphatic rings. The van der Waals surface area contributed by atoms with E-state index in [1.54, 1.807) is 12.1 Å². The van der Waals surface area contributed by atoms with Gasteiger partial charge >= 0.3 is 5.97 Å². The van der Waals surface area contributed by atoms with Crippen molar-refractivity contribution < 1.29 is 19.1 Å². The number of likely N-dealkylation sites (tertiary alicyclic amines) is 1. The number of carboxylic acid groups (broad SMARTS) is 1. The number of amides is 1. The van der Waals surface area contributed by atoms with Crippen molar-refractivity contribution in [1.82, 2.24) is 4.90 Å². The fourth-order valence-electron chi connectivity index (χ4n) is 2.56. The summed E-state index contributed by atoms with van der Waals surface area (Å²) in [6.45, 7) is 0.534. The first-order valence-electron chi connectivity index (χ1n) is 6.84. The monoisotopic (exact) mass is 279 g/mol. The molecule has 0 bridgehead atoms. The average molecular weight is 279 g/mol. The number of hydrogen-bond donors (Lipinski definition) is 1. The maximum Gasteiger partial charge on any atom is 0.326 e. The third-order valence-electron chi connectivity index (χ3n) is 3.63. The van der Waals surface area contributed by atoms with Crippen LogP contribution in [0.3, 0.4) is 0 Å². The van der Waals surface area contributed by atoms with Crippen molar-refractivity contribution in [2.24, 2.45) is 0 Å². The van der Waals surface area contributed by atoms with Gasteiger partial charge in [0.1, 0.15) is 11.9 Å². The van der Waals surface area contributed by atoms with Crippen LogP contribution in [0, 0.1) is 5.82 Å². The Kier molecular flexibility index (Phi) is 4.71. The van der Waals surface area contributed by atoms with Gasteiger partial charge in [0.25, 0.3) is 0 Å². The van der Waals surface area contributed by atoms with Gasteiger partial charge in [0.2, 0.25) is 5.91 Å². The van der Waals surface area contributed by atoms with Gasteiger partial charge in [0.15, 0.2) is 0 Å². The predicted octanol–water partition coefficient (Wildman–Crippen LogP) is 2.22. The van der Waals surface area contributed by atoms with E-state index in [1.165, 1.54) is 17.0 Å². The molecule has 4 nitrogen and oxygen atoms in total. The largest absolute Gasteiger partial charge is 0.480 e. The van der Waals surface area contributed by atoms with Crippen molar-refractivity contribution in [3.63, 3.8) is 0 Å². The molecule has 0 spiro atoms. The van der Waals surface area contributed by atoms with Crippen molar-refractivity contribution >= 4 is 11.9 Å². The Hall–Kier alpha value is -1.91. The van der Waals surface area contributed by atoms with Crippen LogP contribution in [0.25, 0.3) is 0 Å². The Bertz CT molecular complexity index is 486. The van der Waals surface area contributed by atoms with Gasteiger partial charge in [0.05, 0.1) is 0 Å². The summed E-state index contributed by atoms with van der Waals surface area (Å²) in [4.78, 5) is 24.5. The molecule has 1 saturated heterocycles. The van der Waals surface area contributed by atoms with Crippen LogP contribution in [-0.4, -0.2) is 34.5 Å². The molecular formula is C15H18FNO3. The van der Waals surface area contributed by atoms with Gasteiger partial charge in [-0.15, -0.1) is 0 Å². The summed E-state index contributed by atoms with van der Waals surface area (Å²) in [7, 11) is 0. The number of aliphatic carboxylic acids is 1. The van der Waals surface area contributed by atoms with Crippen LogP contribution in [0.4, 0.5) is 4.39 Å². The maximum atomic E-state index is 12.7. The Morgan fingerprint density at radius 3 is 2.65 bits per heavy atom. The standard InChI is InChI=1S/C15H18FNO3/c16-12-8-6-11(7-9-12)3-1-5-14(18)17-10-2-4-13(17)15(19)20/h6-9,13H,1-5,10H2,(H,19,20)/t13-/m0/s1. The van der Waals surface area contributed by atoms with Crippen LogP contribution < -0.4 is 0 Å². The lowest BCUT2D eigenvalue weighted by molar-refractivity contribution is -0.148. The second-order valence-corrected chi connectivity index (χ2v) is 5.06. The van der Waals surface area contributed by atoms with E-state index in [-0.39, 0.29) is 11.7 Å². The highest BCUT2D eigenvalue weighted by Crippen LogP contribution is 2.19. The van der Waals surface area contributed by atoms with Crippen molar-refractivity contribution in [3.05, 3.63) is 35.6 Å². The van der Waals surface area contributed by atoms with E-state index in [4.69, 9.17) is 5.11 Å². The lowest BCUT2D eigenvalue weighted by atomic mass is 10.1. The molecule has 0 aliphatic carbocycles. The van der Waals surface area contributed by atoms with Gasteiger partial charge in [0, 0.05) is 13.0 Å². The number of aryl methyl sites for hydroxylation is 1. The molecule has 0 saturated carbocycles. The number of benzene rings is 1. The molecule has 1 aromatic rings. The van der Waals surface area contributed by atoms with E-state index in [1.807, 2.05) is 0 Å². The summed E-state index contributed by atoms with van der Waals surface area (Å²) >= 11 is 0. The topological polar surface area (TPSA) is 57.6 Å². The molecular weight excluding hydrogens is 261 g/mol. The normalized spacial score (nSPS) is 18.2. The number of hydrogen-bond acceptors (Lipinski definition) is 2. The predicted molar refractivity (Wildman–Crippen MR) is 71.7 cm³/mol. The molecule has 1 N–H and O–H groups in total. The maximum absolute atomic E-state index is 12.7. The van der Waals surface area contributed by atoms with E-state index >= 15 is 0 Å². The molecule has 2 rings (SSSR count). The van der Waals surface area contributed by atoms with Crippen molar-refractivity contribution in [3.8, 4) is 0 Å². The van der Waals surface area contributed by atoms with E-state index in [0.29, 0.717) is 32.2 Å². The molecule has 5 heteroatoms. The van der Waals surface area contributed by atoms with E-state index in [0.717, 1.165) is 12.0 Å². The minimum absolute atomic E-state index is 0.1000. The Morgan fingerprint density at radius 2 is 2.00 bits per heavy atom. The van der Waals surface area contributed by atoms with E-state index in [9.17, 15) is 14.0 Å². The van der Waals surface area contributed by atoms with Gasteiger partial charge in [-0.2, -0.15) is 0 Å². The molecule has 1 aromatic carbocycles. The summed E-state index contributed by atoms with van der Waals surface area (Å²) in [5.41, 5.74) is 0.982. The number of nitrogens with zero attached hydrogens (tertiary/aromatic N) is 1. The number of rotatable bonds is 5. The van der Waals surface area contributed by atoms with Gasteiger partial charge in [-0.25, -0.2) is 9.18 Å². The Labute approximate surface area is 117 Å². The lowest BCUT2D eigenvalue weighted by Crippen LogP contribution is -2.40. The summed E-state index contributed by atoms with van der Waals surface area (Å²) < 4.78 is 12.7. The number of carbonyl (C=O) groups excluding carboxylic acids is 1. The van der Waals surface area contributed by atoms with Gasteiger partial charge in [-0.1, -0.05) is 12.1 Å². The van der Waals surface area contributed by atoms with Gasteiger partial charge in [-0.05, 0) is 43.4 Å². The second-order valence-electron chi connectivity index (χ2n) is 5.06. The third kappa shape index (κ3) is 3.56. The molecule has 1 heterocycles. The smallest absolute Gasteiger partial charge is 0.326 e. The molecule has 0 unspecified atom stereocenters. The zero-order valence-electron chi connectivity index (χ0n) is 11.2. The second kappa shape index (κ2) is 6.50. The minimum Gasteiger partial charge on any atom is -0.480 e. The summed E-state index contributed by atoms with van der Waals surface area (Å²) in [5.74, 6) is -1.29. The summed E-state index contributed by atoms with van der Waals surface area (Å²) in [6.07, 6.45) is 2.96. The highest BCUT2D eigenvalue weighted by molar-refractivity contribution is 5.84. The average Bonchev–Trinajstić information content (AvgIpc) is 2.90. The van der Waals surface area contributed by atoms with Crippen LogP contribution >= 0.6 is 0 Å². The van der Waals surface area contributed by atoms with Gasteiger partial charge < -0.3 is 10.0 Å². The first-order chi connectivity index (χ1) is 9.58. The zero-order chi connectivity index (χ0) is 14.5. The minimum atomic E-state index is -0.922. The van der Waals surface area contributed by atoms with Crippen molar-refractivity contribution in [1.29, 1.82) is 0 Å². The third-order valence-corrected chi connectivity index (χ3v) is 3.63. The number of carboxylic acids is 1. The Balaban J connectivity index is 1.80. The molecule has 20 heavy (non-hydrogen) atoms. The SMILES string of the molecule is O=C(O)[C@@H]1CCCN1C(=O)CCCc1ccc(F)cc1. The van der Waals surface area contributed by atoms with Crippen LogP contribution in [0.1, 0.15) is 31.2 Å².